The molecule has 0 unspecified atom stereocenters. The summed E-state index contributed by atoms with van der Waals surface area (Å²) in [6, 6.07) is 17.2. The van der Waals surface area contributed by atoms with Crippen LogP contribution in [-0.4, -0.2) is 0 Å². The van der Waals surface area contributed by atoms with Crippen LogP contribution in [0.5, 0.6) is 0 Å². The molecular weight excluding hydrogens is 228 g/mol. The fraction of sp³-hybridized carbons (Fsp3) is 0.250. The van der Waals surface area contributed by atoms with Crippen molar-refractivity contribution in [2.24, 2.45) is 0 Å². The van der Waals surface area contributed by atoms with Gasteiger partial charge in [-0.2, -0.15) is 0 Å². The molecular formula is C16H17Cl. The number of benzene rings is 2. The van der Waals surface area contributed by atoms with Crippen LogP contribution in [-0.2, 0) is 5.88 Å². The third-order valence-electron chi connectivity index (χ3n) is 2.99. The molecule has 0 radical (unpaired) electrons. The SMILES string of the molecule is CC(C)c1ccc(-c2cccc(CCl)c2)cc1. The lowest BCUT2D eigenvalue weighted by molar-refractivity contribution is 0.867. The summed E-state index contributed by atoms with van der Waals surface area (Å²) in [5.74, 6) is 1.15. The lowest BCUT2D eigenvalue weighted by Gasteiger charge is -2.07. The Balaban J connectivity index is 2.32. The van der Waals surface area contributed by atoms with E-state index in [0.29, 0.717) is 11.8 Å². The molecule has 2 rings (SSSR count). The van der Waals surface area contributed by atoms with Crippen molar-refractivity contribution in [1.29, 1.82) is 0 Å². The Kier molecular flexibility index (Phi) is 3.86. The predicted octanol–water partition coefficient (Wildman–Crippen LogP) is 5.22. The number of halogens is 1. The lowest BCUT2D eigenvalue weighted by Crippen LogP contribution is -1.87. The van der Waals surface area contributed by atoms with E-state index < -0.39 is 0 Å². The van der Waals surface area contributed by atoms with Gasteiger partial charge in [0.15, 0.2) is 0 Å². The fourth-order valence-corrected chi connectivity index (χ4v) is 2.06. The van der Waals surface area contributed by atoms with Crippen molar-refractivity contribution in [2.45, 2.75) is 25.6 Å². The zero-order valence-corrected chi connectivity index (χ0v) is 11.0. The first-order valence-corrected chi connectivity index (χ1v) is 6.49. The molecule has 0 atom stereocenters. The van der Waals surface area contributed by atoms with Crippen LogP contribution < -0.4 is 0 Å². The van der Waals surface area contributed by atoms with Crippen LogP contribution in [0.15, 0.2) is 48.5 Å². The molecule has 2 aromatic carbocycles. The summed E-state index contributed by atoms with van der Waals surface area (Å²) < 4.78 is 0. The molecule has 0 saturated carbocycles. The predicted molar refractivity (Wildman–Crippen MR) is 75.5 cm³/mol. The van der Waals surface area contributed by atoms with Crippen molar-refractivity contribution >= 4 is 11.6 Å². The second kappa shape index (κ2) is 5.37. The molecule has 0 nitrogen and oxygen atoms in total. The van der Waals surface area contributed by atoms with Gasteiger partial charge in [-0.1, -0.05) is 56.3 Å². The highest BCUT2D eigenvalue weighted by atomic mass is 35.5. The summed E-state index contributed by atoms with van der Waals surface area (Å²) in [4.78, 5) is 0. The highest BCUT2D eigenvalue weighted by molar-refractivity contribution is 6.17. The lowest BCUT2D eigenvalue weighted by atomic mass is 9.98. The van der Waals surface area contributed by atoms with Crippen molar-refractivity contribution < 1.29 is 0 Å². The highest BCUT2D eigenvalue weighted by Crippen LogP contribution is 2.23. The highest BCUT2D eigenvalue weighted by Gasteiger charge is 2.01. The van der Waals surface area contributed by atoms with Crippen molar-refractivity contribution in [1.82, 2.24) is 0 Å². The normalized spacial score (nSPS) is 10.8. The zero-order chi connectivity index (χ0) is 12.3. The minimum Gasteiger partial charge on any atom is -0.122 e. The molecule has 0 N–H and O–H groups in total. The Bertz CT molecular complexity index is 483. The minimum atomic E-state index is 0.567. The molecule has 0 aliphatic heterocycles. The van der Waals surface area contributed by atoms with Crippen LogP contribution in [0.25, 0.3) is 11.1 Å². The third kappa shape index (κ3) is 2.89. The number of hydrogen-bond acceptors (Lipinski definition) is 0. The molecule has 1 heteroatoms. The van der Waals surface area contributed by atoms with Gasteiger partial charge in [0.05, 0.1) is 0 Å². The molecule has 0 fully saturated rings. The molecule has 0 spiro atoms. The van der Waals surface area contributed by atoms with Crippen molar-refractivity contribution in [3.63, 3.8) is 0 Å². The molecule has 0 saturated heterocycles. The topological polar surface area (TPSA) is 0 Å². The number of alkyl halides is 1. The van der Waals surface area contributed by atoms with Crippen LogP contribution in [0, 0.1) is 0 Å². The van der Waals surface area contributed by atoms with Gasteiger partial charge in [0, 0.05) is 5.88 Å². The Hall–Kier alpha value is -1.27. The van der Waals surface area contributed by atoms with Crippen LogP contribution in [0.3, 0.4) is 0 Å². The summed E-state index contributed by atoms with van der Waals surface area (Å²) in [6.07, 6.45) is 0. The van der Waals surface area contributed by atoms with Crippen LogP contribution >= 0.6 is 11.6 Å². The van der Waals surface area contributed by atoms with Gasteiger partial charge in [-0.05, 0) is 34.2 Å². The van der Waals surface area contributed by atoms with Crippen molar-refractivity contribution in [3.8, 4) is 11.1 Å². The molecule has 0 amide bonds. The first-order valence-electron chi connectivity index (χ1n) is 5.96. The second-order valence-electron chi connectivity index (χ2n) is 4.61. The average molecular weight is 245 g/mol. The van der Waals surface area contributed by atoms with Gasteiger partial charge in [0.25, 0.3) is 0 Å². The van der Waals surface area contributed by atoms with Crippen molar-refractivity contribution in [3.05, 3.63) is 59.7 Å². The van der Waals surface area contributed by atoms with E-state index in [2.05, 4.69) is 62.4 Å². The second-order valence-corrected chi connectivity index (χ2v) is 4.88. The molecule has 0 heterocycles. The largest absolute Gasteiger partial charge is 0.122 e. The maximum Gasteiger partial charge on any atom is 0.0474 e. The first kappa shape index (κ1) is 12.2. The fourth-order valence-electron chi connectivity index (χ4n) is 1.89. The Morgan fingerprint density at radius 3 is 2.24 bits per heavy atom. The summed E-state index contributed by atoms with van der Waals surface area (Å²) >= 11 is 5.85. The molecule has 0 bridgehead atoms. The van der Waals surface area contributed by atoms with E-state index >= 15 is 0 Å². The molecule has 0 aliphatic rings. The number of rotatable bonds is 3. The summed E-state index contributed by atoms with van der Waals surface area (Å²) in [5, 5.41) is 0. The van der Waals surface area contributed by atoms with E-state index in [1.807, 2.05) is 0 Å². The summed E-state index contributed by atoms with van der Waals surface area (Å²) in [5.41, 5.74) is 5.03. The molecule has 2 aromatic rings. The average Bonchev–Trinajstić information content (AvgIpc) is 2.39. The quantitative estimate of drug-likeness (QED) is 0.650. The van der Waals surface area contributed by atoms with E-state index in [1.165, 1.54) is 16.7 Å². The van der Waals surface area contributed by atoms with Gasteiger partial charge in [-0.25, -0.2) is 0 Å². The van der Waals surface area contributed by atoms with E-state index in [1.54, 1.807) is 0 Å². The minimum absolute atomic E-state index is 0.567. The van der Waals surface area contributed by atoms with E-state index in [-0.39, 0.29) is 0 Å². The van der Waals surface area contributed by atoms with Gasteiger partial charge in [-0.15, -0.1) is 11.6 Å². The molecule has 0 aliphatic carbocycles. The van der Waals surface area contributed by atoms with Gasteiger partial charge < -0.3 is 0 Å². The van der Waals surface area contributed by atoms with Crippen LogP contribution in [0.4, 0.5) is 0 Å². The van der Waals surface area contributed by atoms with Gasteiger partial charge >= 0.3 is 0 Å². The smallest absolute Gasteiger partial charge is 0.0474 e. The van der Waals surface area contributed by atoms with Gasteiger partial charge in [-0.3, -0.25) is 0 Å². The molecule has 88 valence electrons. The monoisotopic (exact) mass is 244 g/mol. The maximum absolute atomic E-state index is 5.85. The third-order valence-corrected chi connectivity index (χ3v) is 3.30. The zero-order valence-electron chi connectivity index (χ0n) is 10.3. The Labute approximate surface area is 108 Å². The first-order chi connectivity index (χ1) is 8.20. The van der Waals surface area contributed by atoms with Gasteiger partial charge in [0.1, 0.15) is 0 Å². The van der Waals surface area contributed by atoms with E-state index in [0.717, 1.165) is 5.56 Å². The van der Waals surface area contributed by atoms with Crippen LogP contribution in [0.2, 0.25) is 0 Å². The summed E-state index contributed by atoms with van der Waals surface area (Å²) in [7, 11) is 0. The number of hydrogen-bond donors (Lipinski definition) is 0. The summed E-state index contributed by atoms with van der Waals surface area (Å²) in [6.45, 7) is 4.42. The molecule has 17 heavy (non-hydrogen) atoms. The van der Waals surface area contributed by atoms with Crippen LogP contribution in [0.1, 0.15) is 30.9 Å². The molecule has 0 aromatic heterocycles. The van der Waals surface area contributed by atoms with E-state index in [9.17, 15) is 0 Å². The standard InChI is InChI=1S/C16H17Cl/c1-12(2)14-6-8-15(9-7-14)16-5-3-4-13(10-16)11-17/h3-10,12H,11H2,1-2H3. The Morgan fingerprint density at radius 2 is 1.65 bits per heavy atom. The maximum atomic E-state index is 5.85. The van der Waals surface area contributed by atoms with Crippen molar-refractivity contribution in [2.75, 3.05) is 0 Å². The van der Waals surface area contributed by atoms with E-state index in [4.69, 9.17) is 11.6 Å². The Morgan fingerprint density at radius 1 is 0.941 bits per heavy atom. The van der Waals surface area contributed by atoms with Gasteiger partial charge in [0.2, 0.25) is 0 Å².